The van der Waals surface area contributed by atoms with Gasteiger partial charge in [-0.2, -0.15) is 0 Å². The highest BCUT2D eigenvalue weighted by atomic mass is 16.3. The molecule has 0 unspecified atom stereocenters. The van der Waals surface area contributed by atoms with E-state index in [4.69, 9.17) is 19.4 Å². The molecule has 0 N–H and O–H groups in total. The topological polar surface area (TPSA) is 51.8 Å². The predicted octanol–water partition coefficient (Wildman–Crippen LogP) is 12.8. The van der Waals surface area contributed by atoms with Crippen molar-refractivity contribution in [1.29, 1.82) is 0 Å². The quantitative estimate of drug-likeness (QED) is 0.182. The molecule has 2 heterocycles. The second-order valence-electron chi connectivity index (χ2n) is 14.6. The highest BCUT2D eigenvalue weighted by Crippen LogP contribution is 2.64. The van der Waals surface area contributed by atoms with Crippen LogP contribution in [0.15, 0.2) is 192 Å². The SMILES string of the molecule is c1ccc(-c2nc(-c3ccccc3)nc(-c3cccc4c3oc3c(-c5cccc6c5-c5ccccc5C65c6ccccc6-c6ccccc65)cccc34)n2)cc1. The normalized spacial score (nSPS) is 13.1. The summed E-state index contributed by atoms with van der Waals surface area (Å²) in [4.78, 5) is 15.1. The van der Waals surface area contributed by atoms with Gasteiger partial charge in [-0.05, 0) is 56.1 Å². The van der Waals surface area contributed by atoms with Crippen molar-refractivity contribution in [3.05, 3.63) is 210 Å². The van der Waals surface area contributed by atoms with Crippen molar-refractivity contribution in [2.24, 2.45) is 0 Å². The van der Waals surface area contributed by atoms with Crippen LogP contribution >= 0.6 is 0 Å². The third-order valence-corrected chi connectivity index (χ3v) is 11.8. The van der Waals surface area contributed by atoms with E-state index in [1.54, 1.807) is 0 Å². The number of para-hydroxylation sites is 2. The Bertz CT molecular complexity index is 3100. The maximum atomic E-state index is 7.09. The lowest BCUT2D eigenvalue weighted by atomic mass is 9.70. The van der Waals surface area contributed by atoms with E-state index in [-0.39, 0.29) is 0 Å². The number of fused-ring (bicyclic) bond motifs is 13. The van der Waals surface area contributed by atoms with E-state index in [1.165, 1.54) is 44.5 Å². The van der Waals surface area contributed by atoms with Crippen LogP contribution in [0.25, 0.3) is 89.5 Å². The Hall–Kier alpha value is -7.43. The number of hydrogen-bond donors (Lipinski definition) is 0. The second-order valence-corrected chi connectivity index (χ2v) is 14.6. The first kappa shape index (κ1) is 31.0. The maximum absolute atomic E-state index is 7.09. The van der Waals surface area contributed by atoms with Gasteiger partial charge < -0.3 is 4.42 Å². The lowest BCUT2D eigenvalue weighted by Gasteiger charge is -2.30. The molecule has 8 aromatic carbocycles. The van der Waals surface area contributed by atoms with Crippen LogP contribution in [0.2, 0.25) is 0 Å². The summed E-state index contributed by atoms with van der Waals surface area (Å²) in [6.07, 6.45) is 0. The second kappa shape index (κ2) is 11.8. The van der Waals surface area contributed by atoms with Gasteiger partial charge in [0.15, 0.2) is 17.5 Å². The fraction of sp³-hybridized carbons (Fsp3) is 0.0192. The molecule has 0 atom stereocenters. The molecule has 0 amide bonds. The monoisotopic (exact) mass is 713 g/mol. The van der Waals surface area contributed by atoms with E-state index in [2.05, 4.69) is 127 Å². The summed E-state index contributed by atoms with van der Waals surface area (Å²) >= 11 is 0. The number of aromatic nitrogens is 3. The number of nitrogens with zero attached hydrogens (tertiary/aromatic N) is 3. The van der Waals surface area contributed by atoms with E-state index in [1.807, 2.05) is 60.7 Å². The molecule has 0 fully saturated rings. The first-order chi connectivity index (χ1) is 27.8. The molecule has 4 heteroatoms. The molecule has 0 saturated heterocycles. The van der Waals surface area contributed by atoms with Gasteiger partial charge in [0.1, 0.15) is 11.2 Å². The van der Waals surface area contributed by atoms with Gasteiger partial charge in [-0.1, -0.05) is 182 Å². The molecule has 0 bridgehead atoms. The van der Waals surface area contributed by atoms with Crippen molar-refractivity contribution in [2.45, 2.75) is 5.41 Å². The van der Waals surface area contributed by atoms with Crippen LogP contribution in [-0.4, -0.2) is 15.0 Å². The maximum Gasteiger partial charge on any atom is 0.167 e. The Morgan fingerprint density at radius 3 is 1.32 bits per heavy atom. The summed E-state index contributed by atoms with van der Waals surface area (Å²) in [5.41, 5.74) is 16.4. The van der Waals surface area contributed by atoms with Gasteiger partial charge in [-0.3, -0.25) is 0 Å². The lowest BCUT2D eigenvalue weighted by Crippen LogP contribution is -2.25. The summed E-state index contributed by atoms with van der Waals surface area (Å²) < 4.78 is 7.09. The third kappa shape index (κ3) is 4.21. The van der Waals surface area contributed by atoms with Crippen molar-refractivity contribution in [3.63, 3.8) is 0 Å². The first-order valence-corrected chi connectivity index (χ1v) is 19.0. The van der Waals surface area contributed by atoms with E-state index < -0.39 is 5.41 Å². The van der Waals surface area contributed by atoms with E-state index in [0.717, 1.165) is 49.8 Å². The fourth-order valence-corrected chi connectivity index (χ4v) is 9.51. The summed E-state index contributed by atoms with van der Waals surface area (Å²) in [6.45, 7) is 0. The Labute approximate surface area is 323 Å². The molecular formula is C52H31N3O. The molecule has 0 radical (unpaired) electrons. The molecule has 2 aliphatic carbocycles. The van der Waals surface area contributed by atoms with Gasteiger partial charge in [-0.15, -0.1) is 0 Å². The third-order valence-electron chi connectivity index (χ3n) is 11.8. The van der Waals surface area contributed by atoms with Crippen LogP contribution in [-0.2, 0) is 5.41 Å². The molecular weight excluding hydrogens is 683 g/mol. The van der Waals surface area contributed by atoms with Crippen LogP contribution in [0, 0.1) is 0 Å². The van der Waals surface area contributed by atoms with Crippen LogP contribution < -0.4 is 0 Å². The van der Waals surface area contributed by atoms with Crippen molar-refractivity contribution in [1.82, 2.24) is 15.0 Å². The molecule has 0 saturated carbocycles. The summed E-state index contributed by atoms with van der Waals surface area (Å²) in [5.74, 6) is 1.80. The fourth-order valence-electron chi connectivity index (χ4n) is 9.51. The molecule has 1 spiro atoms. The van der Waals surface area contributed by atoms with Crippen molar-refractivity contribution >= 4 is 21.9 Å². The van der Waals surface area contributed by atoms with E-state index in [9.17, 15) is 0 Å². The van der Waals surface area contributed by atoms with Crippen LogP contribution in [0.3, 0.4) is 0 Å². The van der Waals surface area contributed by atoms with Crippen LogP contribution in [0.5, 0.6) is 0 Å². The summed E-state index contributed by atoms with van der Waals surface area (Å²) in [7, 11) is 0. The average molecular weight is 714 g/mol. The Morgan fingerprint density at radius 1 is 0.304 bits per heavy atom. The van der Waals surface area contributed by atoms with Gasteiger partial charge in [-0.25, -0.2) is 15.0 Å². The lowest BCUT2D eigenvalue weighted by molar-refractivity contribution is 0.670. The highest BCUT2D eigenvalue weighted by Gasteiger charge is 2.52. The number of rotatable bonds is 4. The van der Waals surface area contributed by atoms with Gasteiger partial charge in [0.05, 0.1) is 11.0 Å². The Kier molecular flexibility index (Phi) is 6.52. The predicted molar refractivity (Wildman–Crippen MR) is 225 cm³/mol. The van der Waals surface area contributed by atoms with Crippen LogP contribution in [0.4, 0.5) is 0 Å². The van der Waals surface area contributed by atoms with Crippen LogP contribution in [0.1, 0.15) is 22.3 Å². The number of furan rings is 1. The zero-order chi connectivity index (χ0) is 36.8. The average Bonchev–Trinajstić information content (AvgIpc) is 3.91. The Morgan fingerprint density at radius 2 is 0.714 bits per heavy atom. The molecule has 2 aliphatic rings. The Balaban J connectivity index is 1.10. The number of hydrogen-bond acceptors (Lipinski definition) is 4. The molecule has 2 aromatic heterocycles. The molecule has 56 heavy (non-hydrogen) atoms. The van der Waals surface area contributed by atoms with Crippen molar-refractivity contribution in [2.75, 3.05) is 0 Å². The molecule has 0 aliphatic heterocycles. The number of benzene rings is 8. The minimum Gasteiger partial charge on any atom is -0.455 e. The minimum absolute atomic E-state index is 0.421. The zero-order valence-corrected chi connectivity index (χ0v) is 30.1. The standard InChI is InChI=1S/C52H31N3O/c1-3-16-32(17-4-1)49-53-50(33-18-5-2-6-19-33)55-51(54-49)41-27-14-26-39-38-25-13-24-37(47(38)56-48(39)41)36-23-15-31-45-46(36)40-22-9-12-30-44(40)52(45)42-28-10-7-20-34(42)35-21-8-11-29-43(35)52/h1-31H. The summed E-state index contributed by atoms with van der Waals surface area (Å²) in [5, 5.41) is 2.07. The molecule has 12 rings (SSSR count). The van der Waals surface area contributed by atoms with Gasteiger partial charge in [0.25, 0.3) is 0 Å². The highest BCUT2D eigenvalue weighted by molar-refractivity contribution is 6.14. The van der Waals surface area contributed by atoms with E-state index in [0.29, 0.717) is 17.5 Å². The van der Waals surface area contributed by atoms with Gasteiger partial charge in [0, 0.05) is 27.5 Å². The molecule has 4 nitrogen and oxygen atoms in total. The zero-order valence-electron chi connectivity index (χ0n) is 30.1. The molecule has 260 valence electrons. The van der Waals surface area contributed by atoms with Crippen molar-refractivity contribution < 1.29 is 4.42 Å². The molecule has 10 aromatic rings. The van der Waals surface area contributed by atoms with Gasteiger partial charge >= 0.3 is 0 Å². The first-order valence-electron chi connectivity index (χ1n) is 19.0. The van der Waals surface area contributed by atoms with Crippen molar-refractivity contribution in [3.8, 4) is 67.5 Å². The van der Waals surface area contributed by atoms with Gasteiger partial charge in [0.2, 0.25) is 0 Å². The summed E-state index contributed by atoms with van der Waals surface area (Å²) in [6, 6.07) is 66.6. The minimum atomic E-state index is -0.421. The smallest absolute Gasteiger partial charge is 0.167 e. The largest absolute Gasteiger partial charge is 0.455 e. The van der Waals surface area contributed by atoms with E-state index >= 15 is 0 Å².